The first kappa shape index (κ1) is 15.3. The number of ether oxygens (including phenoxy) is 1. The summed E-state index contributed by atoms with van der Waals surface area (Å²) in [5.74, 6) is 3.25. The van der Waals surface area contributed by atoms with Crippen LogP contribution in [0.1, 0.15) is 54.5 Å². The fraction of sp³-hybridized carbons (Fsp3) is 0.571. The van der Waals surface area contributed by atoms with Crippen LogP contribution in [0, 0.1) is 11.8 Å². The summed E-state index contributed by atoms with van der Waals surface area (Å²) in [6.07, 6.45) is 5.84. The van der Waals surface area contributed by atoms with Crippen LogP contribution in [-0.2, 0) is 25.3 Å². The minimum absolute atomic E-state index is 0.212. The van der Waals surface area contributed by atoms with Crippen LogP contribution in [-0.4, -0.2) is 22.0 Å². The summed E-state index contributed by atoms with van der Waals surface area (Å²) < 4.78 is 7.65. The molecule has 132 valence electrons. The van der Waals surface area contributed by atoms with Crippen molar-refractivity contribution in [1.29, 1.82) is 0 Å². The summed E-state index contributed by atoms with van der Waals surface area (Å²) in [5, 5.41) is 14.4. The molecular formula is C21H26N2O2. The highest BCUT2D eigenvalue weighted by atomic mass is 16.5. The molecule has 3 aliphatic rings. The highest BCUT2D eigenvalue weighted by Gasteiger charge is 2.55. The van der Waals surface area contributed by atoms with Gasteiger partial charge in [0.1, 0.15) is 5.75 Å². The molecule has 1 N–H and O–H groups in total. The Kier molecular flexibility index (Phi) is 3.08. The first-order chi connectivity index (χ1) is 12.0. The lowest BCUT2D eigenvalue weighted by molar-refractivity contribution is 0.100. The van der Waals surface area contributed by atoms with E-state index in [4.69, 9.17) is 4.74 Å². The number of aryl methyl sites for hydroxylation is 2. The van der Waals surface area contributed by atoms with Crippen LogP contribution in [0.5, 0.6) is 11.6 Å². The van der Waals surface area contributed by atoms with E-state index >= 15 is 0 Å². The third kappa shape index (κ3) is 1.91. The second-order valence-electron chi connectivity index (χ2n) is 8.42. The average molecular weight is 338 g/mol. The van der Waals surface area contributed by atoms with E-state index in [-0.39, 0.29) is 5.41 Å². The quantitative estimate of drug-likeness (QED) is 0.862. The van der Waals surface area contributed by atoms with Crippen molar-refractivity contribution in [3.05, 3.63) is 40.6 Å². The van der Waals surface area contributed by atoms with Crippen LogP contribution in [0.2, 0.25) is 0 Å². The van der Waals surface area contributed by atoms with E-state index in [9.17, 15) is 5.11 Å². The largest absolute Gasteiger partial charge is 0.508 e. The van der Waals surface area contributed by atoms with Gasteiger partial charge in [0, 0.05) is 18.0 Å². The van der Waals surface area contributed by atoms with Gasteiger partial charge in [-0.15, -0.1) is 5.10 Å². The summed E-state index contributed by atoms with van der Waals surface area (Å²) in [7, 11) is 3.80. The van der Waals surface area contributed by atoms with Crippen LogP contribution in [0.4, 0.5) is 0 Å². The van der Waals surface area contributed by atoms with Gasteiger partial charge in [0.05, 0.1) is 12.8 Å². The maximum absolute atomic E-state index is 9.83. The van der Waals surface area contributed by atoms with Gasteiger partial charge in [-0.05, 0) is 73.1 Å². The number of aromatic nitrogens is 2. The van der Waals surface area contributed by atoms with Gasteiger partial charge in [0.25, 0.3) is 0 Å². The van der Waals surface area contributed by atoms with Crippen LogP contribution in [0.25, 0.3) is 0 Å². The standard InChI is InChI=1S/C21H26N2O2/c1-21-9-8-15-14-7-5-13(24)10-12(14)4-6-16(15)18(21)11-17-19(21)23(2)22-20(17)25-3/h5,7,10,15-16,18,24H,4,6,8-9,11H2,1-3H3/t15?,16?,18?,21-/m0/s1. The van der Waals surface area contributed by atoms with Gasteiger partial charge in [-0.1, -0.05) is 13.0 Å². The van der Waals surface area contributed by atoms with Crippen LogP contribution >= 0.6 is 0 Å². The lowest BCUT2D eigenvalue weighted by Gasteiger charge is -2.49. The topological polar surface area (TPSA) is 47.3 Å². The van der Waals surface area contributed by atoms with Crippen molar-refractivity contribution in [3.63, 3.8) is 0 Å². The van der Waals surface area contributed by atoms with E-state index in [1.165, 1.54) is 41.6 Å². The lowest BCUT2D eigenvalue weighted by atomic mass is 9.55. The van der Waals surface area contributed by atoms with Crippen LogP contribution < -0.4 is 4.74 Å². The first-order valence-electron chi connectivity index (χ1n) is 9.45. The predicted molar refractivity (Wildman–Crippen MR) is 96.2 cm³/mol. The first-order valence-corrected chi connectivity index (χ1v) is 9.45. The Labute approximate surface area is 148 Å². The summed E-state index contributed by atoms with van der Waals surface area (Å²) in [4.78, 5) is 0. The highest BCUT2D eigenvalue weighted by molar-refractivity contribution is 5.46. The smallest absolute Gasteiger partial charge is 0.236 e. The SMILES string of the molecule is COc1nn(C)c2c1CC1C3CCc4cc(O)ccc4C3CC[C@]21C. The molecule has 0 bridgehead atoms. The normalized spacial score (nSPS) is 32.5. The Hall–Kier alpha value is -1.97. The maximum atomic E-state index is 9.83. The molecule has 0 radical (unpaired) electrons. The zero-order chi connectivity index (χ0) is 17.3. The number of hydrogen-bond acceptors (Lipinski definition) is 3. The van der Waals surface area contributed by atoms with Gasteiger partial charge in [-0.2, -0.15) is 0 Å². The molecule has 2 aromatic rings. The van der Waals surface area contributed by atoms with Crippen molar-refractivity contribution >= 4 is 0 Å². The number of phenolic OH excluding ortho intramolecular Hbond substituents is 1. The monoisotopic (exact) mass is 338 g/mol. The number of rotatable bonds is 1. The van der Waals surface area contributed by atoms with Gasteiger partial charge in [0.2, 0.25) is 5.88 Å². The van der Waals surface area contributed by atoms with Crippen molar-refractivity contribution in [1.82, 2.24) is 9.78 Å². The minimum atomic E-state index is 0.212. The molecule has 25 heavy (non-hydrogen) atoms. The second kappa shape index (κ2) is 5.03. The molecule has 0 spiro atoms. The molecular weight excluding hydrogens is 312 g/mol. The van der Waals surface area contributed by atoms with E-state index in [1.54, 1.807) is 7.11 Å². The highest BCUT2D eigenvalue weighted by Crippen LogP contribution is 2.61. The van der Waals surface area contributed by atoms with Crippen LogP contribution in [0.3, 0.4) is 0 Å². The average Bonchev–Trinajstić information content (AvgIpc) is 3.09. The van der Waals surface area contributed by atoms with E-state index in [0.717, 1.165) is 18.7 Å². The Morgan fingerprint density at radius 2 is 2.16 bits per heavy atom. The maximum Gasteiger partial charge on any atom is 0.236 e. The fourth-order valence-electron chi connectivity index (χ4n) is 6.38. The molecule has 1 fully saturated rings. The number of phenols is 1. The zero-order valence-electron chi connectivity index (χ0n) is 15.2. The van der Waals surface area contributed by atoms with Crippen molar-refractivity contribution in [2.75, 3.05) is 7.11 Å². The molecule has 0 aliphatic heterocycles. The third-order valence-electron chi connectivity index (χ3n) is 7.37. The van der Waals surface area contributed by atoms with Gasteiger partial charge < -0.3 is 9.84 Å². The molecule has 1 aromatic carbocycles. The van der Waals surface area contributed by atoms with Gasteiger partial charge >= 0.3 is 0 Å². The molecule has 4 atom stereocenters. The summed E-state index contributed by atoms with van der Waals surface area (Å²) in [6.45, 7) is 2.45. The Morgan fingerprint density at radius 3 is 2.96 bits per heavy atom. The van der Waals surface area contributed by atoms with E-state index < -0.39 is 0 Å². The summed E-state index contributed by atoms with van der Waals surface area (Å²) in [5.41, 5.74) is 5.81. The minimum Gasteiger partial charge on any atom is -0.508 e. The van der Waals surface area contributed by atoms with Crippen molar-refractivity contribution in [3.8, 4) is 11.6 Å². The molecule has 4 nitrogen and oxygen atoms in total. The van der Waals surface area contributed by atoms with Crippen molar-refractivity contribution < 1.29 is 9.84 Å². The Bertz CT molecular complexity index is 856. The number of nitrogens with zero attached hydrogens (tertiary/aromatic N) is 2. The van der Waals surface area contributed by atoms with E-state index in [1.807, 2.05) is 12.1 Å². The summed E-state index contributed by atoms with van der Waals surface area (Å²) in [6, 6.07) is 6.02. The number of methoxy groups -OCH3 is 1. The molecule has 4 heteroatoms. The summed E-state index contributed by atoms with van der Waals surface area (Å²) >= 11 is 0. The van der Waals surface area contributed by atoms with Crippen LogP contribution in [0.15, 0.2) is 18.2 Å². The predicted octanol–water partition coefficient (Wildman–Crippen LogP) is 3.70. The lowest BCUT2D eigenvalue weighted by Crippen LogP contribution is -2.44. The molecule has 3 unspecified atom stereocenters. The van der Waals surface area contributed by atoms with E-state index in [2.05, 4.69) is 29.8 Å². The molecule has 1 heterocycles. The third-order valence-corrected chi connectivity index (χ3v) is 7.37. The number of fused-ring (bicyclic) bond motifs is 7. The molecule has 1 saturated carbocycles. The fourth-order valence-corrected chi connectivity index (χ4v) is 6.38. The van der Waals surface area contributed by atoms with Gasteiger partial charge in [0.15, 0.2) is 0 Å². The number of benzene rings is 1. The van der Waals surface area contributed by atoms with Crippen molar-refractivity contribution in [2.45, 2.75) is 50.4 Å². The molecule has 3 aliphatic carbocycles. The number of hydrogen-bond donors (Lipinski definition) is 1. The van der Waals surface area contributed by atoms with Gasteiger partial charge in [-0.25, -0.2) is 0 Å². The number of aromatic hydroxyl groups is 1. The zero-order valence-corrected chi connectivity index (χ0v) is 15.2. The molecule has 0 saturated heterocycles. The van der Waals surface area contributed by atoms with Crippen molar-refractivity contribution in [2.24, 2.45) is 18.9 Å². The van der Waals surface area contributed by atoms with E-state index in [0.29, 0.717) is 23.5 Å². The molecule has 1 aromatic heterocycles. The van der Waals surface area contributed by atoms with Gasteiger partial charge in [-0.3, -0.25) is 4.68 Å². The Morgan fingerprint density at radius 1 is 1.32 bits per heavy atom. The molecule has 5 rings (SSSR count). The Balaban J connectivity index is 1.57. The molecule has 0 amide bonds. The second-order valence-corrected chi connectivity index (χ2v) is 8.42.